The molecule has 212 valence electrons. The number of hydrogen-bond acceptors (Lipinski definition) is 3. The summed E-state index contributed by atoms with van der Waals surface area (Å²) >= 11 is 0. The van der Waals surface area contributed by atoms with Crippen molar-refractivity contribution in [3.8, 4) is 0 Å². The summed E-state index contributed by atoms with van der Waals surface area (Å²) in [4.78, 5) is 44.3. The number of nitrogens with one attached hydrogen (secondary N) is 1. The third-order valence-corrected chi connectivity index (χ3v) is 8.14. The molecule has 6 heteroatoms. The smallest absolute Gasteiger partial charge is 0.249 e. The molecular formula is C32H51N3O3. The Hall–Kier alpha value is -2.63. The van der Waals surface area contributed by atoms with Gasteiger partial charge in [-0.3, -0.25) is 14.4 Å². The molecule has 1 heterocycles. The largest absolute Gasteiger partial charge is 0.344 e. The lowest BCUT2D eigenvalue weighted by Gasteiger charge is -2.40. The number of nitrogens with zero attached hydrogens (tertiary/aromatic N) is 2. The molecule has 6 nitrogen and oxygen atoms in total. The minimum absolute atomic E-state index is 0.0450. The molecule has 1 unspecified atom stereocenters. The summed E-state index contributed by atoms with van der Waals surface area (Å²) in [6.07, 6.45) is 4.66. The molecule has 3 atom stereocenters. The first kappa shape index (κ1) is 31.6. The van der Waals surface area contributed by atoms with Gasteiger partial charge in [-0.15, -0.1) is 0 Å². The van der Waals surface area contributed by atoms with Crippen LogP contribution in [0.1, 0.15) is 87.1 Å². The average Bonchev–Trinajstić information content (AvgIpc) is 3.39. The van der Waals surface area contributed by atoms with Gasteiger partial charge in [0, 0.05) is 37.0 Å². The van der Waals surface area contributed by atoms with Crippen molar-refractivity contribution in [2.45, 2.75) is 99.1 Å². The van der Waals surface area contributed by atoms with Crippen molar-refractivity contribution >= 4 is 17.7 Å². The highest BCUT2D eigenvalue weighted by Gasteiger charge is 2.41. The Labute approximate surface area is 231 Å². The standard InChI is InChI=1S/C32H51N3O3/c1-11-25(32(8,9)24-17-13-12-14-18-24)28(36)33-27(31(5,6)7)30(38)34(10)26(22(2)3)21-23(4)29(37)35-19-15-16-20-35/h12-14,17-18,21-22,25-27H,11,15-16,19-20H2,1-10H3,(H,33,36)/b23-21+/t25-,26-,27?/m1/s1. The van der Waals surface area contributed by atoms with Crippen LogP contribution in [0.4, 0.5) is 0 Å². The highest BCUT2D eigenvalue weighted by atomic mass is 16.2. The van der Waals surface area contributed by atoms with Crippen LogP contribution in [-0.2, 0) is 19.8 Å². The molecule has 2 rings (SSSR count). The van der Waals surface area contributed by atoms with Crippen LogP contribution in [0.25, 0.3) is 0 Å². The third-order valence-electron chi connectivity index (χ3n) is 8.14. The molecule has 38 heavy (non-hydrogen) atoms. The van der Waals surface area contributed by atoms with Crippen LogP contribution < -0.4 is 5.32 Å². The lowest BCUT2D eigenvalue weighted by atomic mass is 9.71. The van der Waals surface area contributed by atoms with Gasteiger partial charge in [-0.25, -0.2) is 0 Å². The summed E-state index contributed by atoms with van der Waals surface area (Å²) in [5.74, 6) is -0.408. The van der Waals surface area contributed by atoms with Crippen LogP contribution in [-0.4, -0.2) is 59.7 Å². The first-order valence-electron chi connectivity index (χ1n) is 14.2. The molecule has 1 aliphatic rings. The lowest BCUT2D eigenvalue weighted by molar-refractivity contribution is -0.141. The SMILES string of the molecule is CC[C@H](C(=O)NC(C(=O)N(C)[C@H](/C=C(\C)C(=O)N1CCCC1)C(C)C)C(C)(C)C)C(C)(C)c1ccccc1. The van der Waals surface area contributed by atoms with E-state index in [1.54, 1.807) is 11.9 Å². The van der Waals surface area contributed by atoms with E-state index in [1.807, 2.05) is 63.8 Å². The Morgan fingerprint density at radius 2 is 1.58 bits per heavy atom. The predicted octanol–water partition coefficient (Wildman–Crippen LogP) is 5.57. The van der Waals surface area contributed by atoms with Gasteiger partial charge in [-0.1, -0.05) is 91.8 Å². The molecule has 1 saturated heterocycles. The second-order valence-electron chi connectivity index (χ2n) is 12.9. The van der Waals surface area contributed by atoms with Gasteiger partial charge in [0.1, 0.15) is 6.04 Å². The zero-order valence-electron chi connectivity index (χ0n) is 25.4. The molecule has 3 amide bonds. The Kier molecular flexibility index (Phi) is 10.8. The van der Waals surface area contributed by atoms with Crippen LogP contribution >= 0.6 is 0 Å². The van der Waals surface area contributed by atoms with E-state index >= 15 is 0 Å². The van der Waals surface area contributed by atoms with Crippen molar-refractivity contribution in [3.63, 3.8) is 0 Å². The van der Waals surface area contributed by atoms with Crippen LogP contribution in [0, 0.1) is 17.3 Å². The summed E-state index contributed by atoms with van der Waals surface area (Å²) in [5.41, 5.74) is 0.869. The molecule has 1 aromatic rings. The number of hydrogen-bond donors (Lipinski definition) is 1. The van der Waals surface area contributed by atoms with E-state index in [1.165, 1.54) is 0 Å². The highest BCUT2D eigenvalue weighted by Crippen LogP contribution is 2.35. The summed E-state index contributed by atoms with van der Waals surface area (Å²) in [5, 5.41) is 3.15. The molecule has 0 saturated carbocycles. The van der Waals surface area contributed by atoms with E-state index in [0.717, 1.165) is 31.5 Å². The van der Waals surface area contributed by atoms with Gasteiger partial charge >= 0.3 is 0 Å². The van der Waals surface area contributed by atoms with Crippen molar-refractivity contribution in [2.75, 3.05) is 20.1 Å². The second kappa shape index (κ2) is 12.9. The number of likely N-dealkylation sites (tertiary alicyclic amines) is 1. The topological polar surface area (TPSA) is 69.7 Å². The van der Waals surface area contributed by atoms with E-state index in [-0.39, 0.29) is 35.6 Å². The molecule has 1 aromatic carbocycles. The van der Waals surface area contributed by atoms with E-state index in [0.29, 0.717) is 12.0 Å². The average molecular weight is 526 g/mol. The maximum Gasteiger partial charge on any atom is 0.249 e. The Morgan fingerprint density at radius 1 is 1.03 bits per heavy atom. The molecule has 1 N–H and O–H groups in total. The highest BCUT2D eigenvalue weighted by molar-refractivity contribution is 5.93. The fourth-order valence-electron chi connectivity index (χ4n) is 5.58. The number of carbonyl (C=O) groups excluding carboxylic acids is 3. The molecular weight excluding hydrogens is 474 g/mol. The first-order chi connectivity index (χ1) is 17.6. The molecule has 0 aromatic heterocycles. The summed E-state index contributed by atoms with van der Waals surface area (Å²) in [6.45, 7) is 19.7. The molecule has 1 aliphatic heterocycles. The van der Waals surface area contributed by atoms with Gasteiger partial charge in [0.05, 0.1) is 6.04 Å². The number of likely N-dealkylation sites (N-methyl/N-ethyl adjacent to an activating group) is 1. The van der Waals surface area contributed by atoms with Gasteiger partial charge in [0.2, 0.25) is 17.7 Å². The molecule has 0 aliphatic carbocycles. The van der Waals surface area contributed by atoms with E-state index < -0.39 is 16.9 Å². The lowest BCUT2D eigenvalue weighted by Crippen LogP contribution is -2.58. The predicted molar refractivity (Wildman–Crippen MR) is 156 cm³/mol. The molecule has 0 bridgehead atoms. The van der Waals surface area contributed by atoms with Gasteiger partial charge in [0.15, 0.2) is 0 Å². The normalized spacial score (nSPS) is 17.2. The zero-order valence-corrected chi connectivity index (χ0v) is 25.4. The molecule has 0 spiro atoms. The first-order valence-corrected chi connectivity index (χ1v) is 14.2. The fourth-order valence-corrected chi connectivity index (χ4v) is 5.58. The number of benzene rings is 1. The van der Waals surface area contributed by atoms with Crippen molar-refractivity contribution in [2.24, 2.45) is 17.3 Å². The third kappa shape index (κ3) is 7.48. The summed E-state index contributed by atoms with van der Waals surface area (Å²) < 4.78 is 0. The zero-order chi connectivity index (χ0) is 28.8. The number of carbonyl (C=O) groups is 3. The summed E-state index contributed by atoms with van der Waals surface area (Å²) in [7, 11) is 1.78. The van der Waals surface area contributed by atoms with Crippen LogP contribution in [0.3, 0.4) is 0 Å². The van der Waals surface area contributed by atoms with Crippen LogP contribution in [0.2, 0.25) is 0 Å². The van der Waals surface area contributed by atoms with Crippen molar-refractivity contribution in [1.82, 2.24) is 15.1 Å². The second-order valence-corrected chi connectivity index (χ2v) is 12.9. The Morgan fingerprint density at radius 3 is 2.05 bits per heavy atom. The minimum Gasteiger partial charge on any atom is -0.344 e. The van der Waals surface area contributed by atoms with E-state index in [9.17, 15) is 14.4 Å². The maximum atomic E-state index is 14.0. The Bertz CT molecular complexity index is 985. The summed E-state index contributed by atoms with van der Waals surface area (Å²) in [6, 6.07) is 9.11. The van der Waals surface area contributed by atoms with Crippen molar-refractivity contribution in [1.29, 1.82) is 0 Å². The Balaban J connectivity index is 2.31. The monoisotopic (exact) mass is 525 g/mol. The fraction of sp³-hybridized carbons (Fsp3) is 0.656. The van der Waals surface area contributed by atoms with Crippen molar-refractivity contribution in [3.05, 3.63) is 47.5 Å². The van der Waals surface area contributed by atoms with Gasteiger partial charge in [0.25, 0.3) is 0 Å². The van der Waals surface area contributed by atoms with E-state index in [2.05, 4.69) is 45.1 Å². The molecule has 1 fully saturated rings. The minimum atomic E-state index is -0.704. The van der Waals surface area contributed by atoms with Crippen molar-refractivity contribution < 1.29 is 14.4 Å². The number of rotatable bonds is 10. The van der Waals surface area contributed by atoms with Crippen LogP contribution in [0.15, 0.2) is 42.0 Å². The molecule has 0 radical (unpaired) electrons. The van der Waals surface area contributed by atoms with Gasteiger partial charge in [-0.05, 0) is 43.1 Å². The van der Waals surface area contributed by atoms with Gasteiger partial charge in [-0.2, -0.15) is 0 Å². The maximum absolute atomic E-state index is 14.0. The number of amides is 3. The quantitative estimate of drug-likeness (QED) is 0.406. The van der Waals surface area contributed by atoms with Crippen LogP contribution in [0.5, 0.6) is 0 Å². The van der Waals surface area contributed by atoms with Gasteiger partial charge < -0.3 is 15.1 Å². The van der Waals surface area contributed by atoms with E-state index in [4.69, 9.17) is 0 Å².